The lowest BCUT2D eigenvalue weighted by molar-refractivity contribution is -0.117. The van der Waals surface area contributed by atoms with Gasteiger partial charge >= 0.3 is 5.69 Å². The summed E-state index contributed by atoms with van der Waals surface area (Å²) in [7, 11) is 0. The molecule has 33 heavy (non-hydrogen) atoms. The number of para-hydroxylation sites is 2. The molecule has 5 rings (SSSR count). The van der Waals surface area contributed by atoms with Crippen LogP contribution in [0.15, 0.2) is 88.5 Å². The van der Waals surface area contributed by atoms with Crippen LogP contribution in [0, 0.1) is 5.82 Å². The van der Waals surface area contributed by atoms with E-state index in [1.165, 1.54) is 27.2 Å². The topological polar surface area (TPSA) is 90.4 Å². The highest BCUT2D eigenvalue weighted by atomic mass is 19.1. The number of aromatic nitrogens is 4. The monoisotopic (exact) mass is 443 g/mol. The maximum atomic E-state index is 13.9. The predicted octanol–water partition coefficient (Wildman–Crippen LogP) is 2.64. The number of halogens is 1. The molecule has 0 spiro atoms. The van der Waals surface area contributed by atoms with Gasteiger partial charge in [0.25, 0.3) is 5.56 Å². The highest BCUT2D eigenvalue weighted by molar-refractivity contribution is 5.90. The number of benzene rings is 3. The molecule has 0 saturated carbocycles. The first-order valence-electron chi connectivity index (χ1n) is 10.2. The second kappa shape index (κ2) is 8.19. The number of nitrogens with one attached hydrogen (secondary N) is 1. The molecular formula is C24H18FN5O3. The molecule has 0 bridgehead atoms. The van der Waals surface area contributed by atoms with Crippen molar-refractivity contribution in [2.75, 3.05) is 5.32 Å². The van der Waals surface area contributed by atoms with Crippen LogP contribution in [0.25, 0.3) is 16.7 Å². The van der Waals surface area contributed by atoms with Crippen molar-refractivity contribution in [1.82, 2.24) is 18.7 Å². The summed E-state index contributed by atoms with van der Waals surface area (Å²) in [5.74, 6) is -1.09. The van der Waals surface area contributed by atoms with E-state index in [2.05, 4.69) is 10.4 Å². The van der Waals surface area contributed by atoms with Crippen LogP contribution in [0.2, 0.25) is 0 Å². The van der Waals surface area contributed by atoms with Gasteiger partial charge in [0.2, 0.25) is 11.7 Å². The van der Waals surface area contributed by atoms with Crippen LogP contribution in [0.4, 0.5) is 10.1 Å². The first-order chi connectivity index (χ1) is 16.0. The number of carbonyl (C=O) groups excluding carboxylic acids is 1. The van der Waals surface area contributed by atoms with E-state index in [1.54, 1.807) is 30.3 Å². The number of rotatable bonds is 5. The van der Waals surface area contributed by atoms with Gasteiger partial charge in [0.05, 0.1) is 23.1 Å². The fourth-order valence-electron chi connectivity index (χ4n) is 3.77. The minimum absolute atomic E-state index is 0.00532. The highest BCUT2D eigenvalue weighted by Gasteiger charge is 2.19. The Morgan fingerprint density at radius 1 is 0.909 bits per heavy atom. The fraction of sp³-hybridized carbons (Fsp3) is 0.0833. The number of carbonyl (C=O) groups is 1. The molecule has 0 aliphatic rings. The van der Waals surface area contributed by atoms with Gasteiger partial charge < -0.3 is 5.32 Å². The molecule has 0 saturated heterocycles. The smallest absolute Gasteiger partial charge is 0.322 e. The van der Waals surface area contributed by atoms with Crippen LogP contribution in [0.1, 0.15) is 5.56 Å². The van der Waals surface area contributed by atoms with Crippen molar-refractivity contribution in [3.63, 3.8) is 0 Å². The van der Waals surface area contributed by atoms with Crippen molar-refractivity contribution < 1.29 is 9.18 Å². The highest BCUT2D eigenvalue weighted by Crippen LogP contribution is 2.14. The average Bonchev–Trinajstić information content (AvgIpc) is 3.14. The summed E-state index contributed by atoms with van der Waals surface area (Å²) in [5, 5.41) is 7.10. The number of hydrogen-bond donors (Lipinski definition) is 1. The van der Waals surface area contributed by atoms with Gasteiger partial charge in [0.15, 0.2) is 0 Å². The zero-order chi connectivity index (χ0) is 22.9. The molecule has 8 nitrogen and oxygen atoms in total. The van der Waals surface area contributed by atoms with Crippen molar-refractivity contribution in [2.45, 2.75) is 13.1 Å². The lowest BCUT2D eigenvalue weighted by Gasteiger charge is -2.09. The van der Waals surface area contributed by atoms with E-state index in [1.807, 2.05) is 30.3 Å². The summed E-state index contributed by atoms with van der Waals surface area (Å²) in [4.78, 5) is 39.0. The van der Waals surface area contributed by atoms with E-state index in [9.17, 15) is 18.8 Å². The fourth-order valence-corrected chi connectivity index (χ4v) is 3.77. The van der Waals surface area contributed by atoms with E-state index < -0.39 is 24.0 Å². The van der Waals surface area contributed by atoms with Gasteiger partial charge in [-0.25, -0.2) is 18.3 Å². The van der Waals surface area contributed by atoms with Gasteiger partial charge in [0, 0.05) is 0 Å². The van der Waals surface area contributed by atoms with Crippen LogP contribution in [-0.2, 0) is 17.9 Å². The summed E-state index contributed by atoms with van der Waals surface area (Å²) in [5.41, 5.74) is 0.385. The SMILES string of the molecule is O=C(Cn1nc2n(Cc3ccccc3)c(=O)c3ccccc3n2c1=O)Nc1ccccc1F. The third-order valence-electron chi connectivity index (χ3n) is 5.31. The van der Waals surface area contributed by atoms with Crippen LogP contribution >= 0.6 is 0 Å². The second-order valence-electron chi connectivity index (χ2n) is 7.50. The quantitative estimate of drug-likeness (QED) is 0.452. The molecule has 0 radical (unpaired) electrons. The Balaban J connectivity index is 1.62. The Morgan fingerprint density at radius 3 is 2.39 bits per heavy atom. The van der Waals surface area contributed by atoms with Crippen LogP contribution in [0.3, 0.4) is 0 Å². The van der Waals surface area contributed by atoms with Gasteiger partial charge in [-0.15, -0.1) is 5.10 Å². The molecular weight excluding hydrogens is 425 g/mol. The van der Waals surface area contributed by atoms with Gasteiger partial charge in [0.1, 0.15) is 12.4 Å². The molecule has 0 unspecified atom stereocenters. The van der Waals surface area contributed by atoms with Crippen molar-refractivity contribution in [3.05, 3.63) is 111 Å². The molecule has 0 fully saturated rings. The van der Waals surface area contributed by atoms with Crippen LogP contribution in [0.5, 0.6) is 0 Å². The number of fused-ring (bicyclic) bond motifs is 3. The zero-order valence-corrected chi connectivity index (χ0v) is 17.3. The van der Waals surface area contributed by atoms with Crippen molar-refractivity contribution >= 4 is 28.3 Å². The number of amides is 1. The standard InChI is InChI=1S/C24H18FN5O3/c25-18-11-5-6-12-19(18)26-21(31)15-29-24(33)30-20-13-7-4-10-17(20)22(32)28(23(30)27-29)14-16-8-2-1-3-9-16/h1-13H,14-15H2,(H,26,31). The number of anilines is 1. The van der Waals surface area contributed by atoms with Gasteiger partial charge in [-0.1, -0.05) is 54.6 Å². The molecule has 2 aromatic heterocycles. The molecule has 2 heterocycles. The summed E-state index contributed by atoms with van der Waals surface area (Å²) in [6.07, 6.45) is 0. The minimum Gasteiger partial charge on any atom is -0.322 e. The number of hydrogen-bond acceptors (Lipinski definition) is 4. The van der Waals surface area contributed by atoms with Gasteiger partial charge in [-0.05, 0) is 29.8 Å². The largest absolute Gasteiger partial charge is 0.352 e. The molecule has 5 aromatic rings. The van der Waals surface area contributed by atoms with Crippen molar-refractivity contribution in [1.29, 1.82) is 0 Å². The molecule has 0 aliphatic carbocycles. The molecule has 9 heteroatoms. The lowest BCUT2D eigenvalue weighted by atomic mass is 10.2. The van der Waals surface area contributed by atoms with Gasteiger partial charge in [-0.2, -0.15) is 0 Å². The van der Waals surface area contributed by atoms with E-state index in [4.69, 9.17) is 0 Å². The van der Waals surface area contributed by atoms with E-state index >= 15 is 0 Å². The first kappa shape index (κ1) is 20.4. The molecule has 1 amide bonds. The summed E-state index contributed by atoms with van der Waals surface area (Å²) in [6.45, 7) is -0.241. The molecule has 164 valence electrons. The maximum Gasteiger partial charge on any atom is 0.352 e. The Hall–Kier alpha value is -4.53. The third-order valence-corrected chi connectivity index (χ3v) is 5.31. The maximum absolute atomic E-state index is 13.9. The molecule has 0 atom stereocenters. The Morgan fingerprint density at radius 2 is 1.61 bits per heavy atom. The zero-order valence-electron chi connectivity index (χ0n) is 17.3. The Kier molecular flexibility index (Phi) is 5.06. The second-order valence-corrected chi connectivity index (χ2v) is 7.50. The van der Waals surface area contributed by atoms with Gasteiger partial charge in [-0.3, -0.25) is 14.2 Å². The Bertz CT molecular complexity index is 1620. The first-order valence-corrected chi connectivity index (χ1v) is 10.2. The summed E-state index contributed by atoms with van der Waals surface area (Å²) >= 11 is 0. The number of nitrogens with zero attached hydrogens (tertiary/aromatic N) is 4. The average molecular weight is 443 g/mol. The van der Waals surface area contributed by atoms with Crippen LogP contribution < -0.4 is 16.6 Å². The molecule has 3 aromatic carbocycles. The van der Waals surface area contributed by atoms with E-state index in [-0.39, 0.29) is 23.6 Å². The van der Waals surface area contributed by atoms with Crippen LogP contribution in [-0.4, -0.2) is 24.7 Å². The van der Waals surface area contributed by atoms with E-state index in [0.29, 0.717) is 10.9 Å². The molecule has 1 N–H and O–H groups in total. The lowest BCUT2D eigenvalue weighted by Crippen LogP contribution is -2.29. The van der Waals surface area contributed by atoms with Crippen molar-refractivity contribution in [2.24, 2.45) is 0 Å². The third kappa shape index (κ3) is 3.69. The normalized spacial score (nSPS) is 11.2. The summed E-state index contributed by atoms with van der Waals surface area (Å²) in [6, 6.07) is 21.8. The minimum atomic E-state index is -0.619. The Labute approximate surface area is 186 Å². The van der Waals surface area contributed by atoms with E-state index in [0.717, 1.165) is 10.2 Å². The van der Waals surface area contributed by atoms with Crippen molar-refractivity contribution in [3.8, 4) is 0 Å². The summed E-state index contributed by atoms with van der Waals surface area (Å²) < 4.78 is 17.6. The molecule has 0 aliphatic heterocycles. The predicted molar refractivity (Wildman–Crippen MR) is 122 cm³/mol.